The normalized spacial score (nSPS) is 13.6. The van der Waals surface area contributed by atoms with E-state index in [0.29, 0.717) is 36.0 Å². The van der Waals surface area contributed by atoms with Crippen LogP contribution in [-0.4, -0.2) is 35.9 Å². The lowest BCUT2D eigenvalue weighted by atomic mass is 10.1. The van der Waals surface area contributed by atoms with Gasteiger partial charge in [0, 0.05) is 37.3 Å². The molecule has 1 aromatic rings. The molecule has 0 spiro atoms. The van der Waals surface area contributed by atoms with Crippen LogP contribution in [0.1, 0.15) is 25.8 Å². The number of alkyl halides is 2. The Labute approximate surface area is 174 Å². The molecular formula is C21H26F2N4O3. The molecule has 0 bridgehead atoms. The number of aromatic nitrogens is 1. The molecule has 1 aliphatic rings. The van der Waals surface area contributed by atoms with Crippen molar-refractivity contribution in [1.29, 1.82) is 0 Å². The lowest BCUT2D eigenvalue weighted by molar-refractivity contribution is -0.121. The predicted octanol–water partition coefficient (Wildman–Crippen LogP) is 2.43. The molecule has 0 unspecified atom stereocenters. The summed E-state index contributed by atoms with van der Waals surface area (Å²) in [5.41, 5.74) is 1.10. The third-order valence-electron chi connectivity index (χ3n) is 4.01. The van der Waals surface area contributed by atoms with Crippen molar-refractivity contribution >= 4 is 11.8 Å². The highest BCUT2D eigenvalue weighted by Crippen LogP contribution is 2.17. The maximum atomic E-state index is 13.1. The Kier molecular flexibility index (Phi) is 8.08. The van der Waals surface area contributed by atoms with Gasteiger partial charge in [0.15, 0.2) is 6.61 Å². The van der Waals surface area contributed by atoms with E-state index in [1.807, 2.05) is 13.8 Å². The molecule has 1 aromatic heterocycles. The first-order valence-corrected chi connectivity index (χ1v) is 9.51. The predicted molar refractivity (Wildman–Crippen MR) is 108 cm³/mol. The molecule has 3 N–H and O–H groups in total. The summed E-state index contributed by atoms with van der Waals surface area (Å²) in [4.78, 5) is 28.2. The molecule has 0 saturated carbocycles. The van der Waals surface area contributed by atoms with E-state index >= 15 is 0 Å². The minimum atomic E-state index is -3.13. The Balaban J connectivity index is 1.85. The van der Waals surface area contributed by atoms with Gasteiger partial charge in [-0.05, 0) is 23.6 Å². The Morgan fingerprint density at radius 1 is 1.40 bits per heavy atom. The highest BCUT2D eigenvalue weighted by atomic mass is 19.3. The van der Waals surface area contributed by atoms with Gasteiger partial charge in [-0.2, -0.15) is 8.78 Å². The van der Waals surface area contributed by atoms with Crippen LogP contribution in [0.5, 0.6) is 5.88 Å². The molecule has 7 nitrogen and oxygen atoms in total. The van der Waals surface area contributed by atoms with Crippen LogP contribution in [0.15, 0.2) is 54.5 Å². The average molecular weight is 420 g/mol. The maximum absolute atomic E-state index is 13.1. The fraction of sp³-hybridized carbons (Fsp3) is 0.381. The van der Waals surface area contributed by atoms with Crippen LogP contribution in [0.3, 0.4) is 0 Å². The number of nitrogens with one attached hydrogen (secondary N) is 3. The summed E-state index contributed by atoms with van der Waals surface area (Å²) in [6, 6.07) is 3.07. The molecule has 30 heavy (non-hydrogen) atoms. The van der Waals surface area contributed by atoms with Gasteiger partial charge in [0.2, 0.25) is 11.8 Å². The van der Waals surface area contributed by atoms with Crippen LogP contribution in [0, 0.1) is 5.92 Å². The van der Waals surface area contributed by atoms with Gasteiger partial charge >= 0.3 is 0 Å². The smallest absolute Gasteiger partial charge is 0.299 e. The lowest BCUT2D eigenvalue weighted by Crippen LogP contribution is -2.35. The fourth-order valence-corrected chi connectivity index (χ4v) is 2.46. The van der Waals surface area contributed by atoms with Crippen LogP contribution in [0.2, 0.25) is 0 Å². The third kappa shape index (κ3) is 7.65. The molecule has 2 heterocycles. The van der Waals surface area contributed by atoms with Crippen molar-refractivity contribution in [3.63, 3.8) is 0 Å². The molecule has 2 rings (SSSR count). The standard InChI is InChI=1S/C21H26F2N4O3/c1-4-21(22,23)13-30-19-6-5-15(11-25-19)12-26-20(29)16-7-8-24-17(10-16)27-18(28)9-14(2)3/h4-7,10-11,14,24H,1,8-9,12-13H2,2-3H3,(H,26,29)(H,27,28). The van der Waals surface area contributed by atoms with Crippen molar-refractivity contribution in [1.82, 2.24) is 20.9 Å². The number of carbonyl (C=O) groups is 2. The second-order valence-corrected chi connectivity index (χ2v) is 7.19. The minimum Gasteiger partial charge on any atom is -0.471 e. The summed E-state index contributed by atoms with van der Waals surface area (Å²) in [6.07, 6.45) is 5.63. The van der Waals surface area contributed by atoms with E-state index in [4.69, 9.17) is 4.74 Å². The topological polar surface area (TPSA) is 92.4 Å². The van der Waals surface area contributed by atoms with Crippen LogP contribution in [-0.2, 0) is 16.1 Å². The zero-order valence-electron chi connectivity index (χ0n) is 17.0. The van der Waals surface area contributed by atoms with Crippen molar-refractivity contribution in [3.05, 3.63) is 60.1 Å². The van der Waals surface area contributed by atoms with E-state index in [0.717, 1.165) is 0 Å². The quantitative estimate of drug-likeness (QED) is 0.506. The van der Waals surface area contributed by atoms with Gasteiger partial charge in [0.1, 0.15) is 5.82 Å². The number of hydrogen-bond acceptors (Lipinski definition) is 5. The third-order valence-corrected chi connectivity index (χ3v) is 4.01. The van der Waals surface area contributed by atoms with Gasteiger partial charge in [0.25, 0.3) is 11.8 Å². The van der Waals surface area contributed by atoms with Crippen molar-refractivity contribution < 1.29 is 23.1 Å². The van der Waals surface area contributed by atoms with E-state index in [-0.39, 0.29) is 30.2 Å². The lowest BCUT2D eigenvalue weighted by Gasteiger charge is -2.17. The van der Waals surface area contributed by atoms with Gasteiger partial charge < -0.3 is 20.7 Å². The van der Waals surface area contributed by atoms with Gasteiger partial charge in [0.05, 0.1) is 0 Å². The summed E-state index contributed by atoms with van der Waals surface area (Å²) in [7, 11) is 0. The fourth-order valence-electron chi connectivity index (χ4n) is 2.46. The average Bonchev–Trinajstić information content (AvgIpc) is 2.71. The molecule has 9 heteroatoms. The SMILES string of the molecule is C=CC(F)(F)COc1ccc(CNC(=O)C2=CCNC(NC(=O)CC(C)C)=C2)cn1. The Bertz CT molecular complexity index is 833. The molecule has 0 atom stereocenters. The molecule has 0 radical (unpaired) electrons. The zero-order valence-corrected chi connectivity index (χ0v) is 17.0. The Morgan fingerprint density at radius 2 is 2.17 bits per heavy atom. The summed E-state index contributed by atoms with van der Waals surface area (Å²) in [5, 5.41) is 8.51. The van der Waals surface area contributed by atoms with Crippen molar-refractivity contribution in [2.75, 3.05) is 13.2 Å². The molecule has 0 aromatic carbocycles. The maximum Gasteiger partial charge on any atom is 0.299 e. The Hall–Kier alpha value is -3.23. The van der Waals surface area contributed by atoms with E-state index < -0.39 is 12.5 Å². The largest absolute Gasteiger partial charge is 0.471 e. The number of ether oxygens (including phenoxy) is 1. The molecular weight excluding hydrogens is 394 g/mol. The minimum absolute atomic E-state index is 0.0531. The number of pyridine rings is 1. The van der Waals surface area contributed by atoms with E-state index in [1.165, 1.54) is 12.3 Å². The number of halogens is 2. The van der Waals surface area contributed by atoms with Gasteiger partial charge in [-0.25, -0.2) is 4.98 Å². The van der Waals surface area contributed by atoms with Crippen LogP contribution in [0.4, 0.5) is 8.78 Å². The molecule has 0 saturated heterocycles. The number of dihydropyridines is 1. The summed E-state index contributed by atoms with van der Waals surface area (Å²) in [6.45, 7) is 6.71. The highest BCUT2D eigenvalue weighted by molar-refractivity contribution is 5.96. The summed E-state index contributed by atoms with van der Waals surface area (Å²) >= 11 is 0. The Morgan fingerprint density at radius 3 is 2.80 bits per heavy atom. The molecule has 2 amide bonds. The second kappa shape index (κ2) is 10.5. The van der Waals surface area contributed by atoms with E-state index in [2.05, 4.69) is 27.5 Å². The first-order chi connectivity index (χ1) is 14.2. The molecule has 162 valence electrons. The number of hydrogen-bond donors (Lipinski definition) is 3. The zero-order chi connectivity index (χ0) is 22.1. The van der Waals surface area contributed by atoms with E-state index in [9.17, 15) is 18.4 Å². The molecule has 0 aliphatic carbocycles. The van der Waals surface area contributed by atoms with Gasteiger partial charge in [-0.3, -0.25) is 9.59 Å². The summed E-state index contributed by atoms with van der Waals surface area (Å²) < 4.78 is 31.1. The molecule has 1 aliphatic heterocycles. The summed E-state index contributed by atoms with van der Waals surface area (Å²) in [5.74, 6) is -2.79. The monoisotopic (exact) mass is 420 g/mol. The first-order valence-electron chi connectivity index (χ1n) is 9.51. The van der Waals surface area contributed by atoms with Gasteiger partial charge in [-0.15, -0.1) is 0 Å². The number of rotatable bonds is 10. The van der Waals surface area contributed by atoms with Crippen LogP contribution >= 0.6 is 0 Å². The van der Waals surface area contributed by atoms with Crippen molar-refractivity contribution in [3.8, 4) is 5.88 Å². The van der Waals surface area contributed by atoms with Crippen molar-refractivity contribution in [2.24, 2.45) is 5.92 Å². The first kappa shape index (κ1) is 23.1. The van der Waals surface area contributed by atoms with Crippen LogP contribution < -0.4 is 20.7 Å². The molecule has 0 fully saturated rings. The van der Waals surface area contributed by atoms with E-state index in [1.54, 1.807) is 18.2 Å². The van der Waals surface area contributed by atoms with Crippen LogP contribution in [0.25, 0.3) is 0 Å². The van der Waals surface area contributed by atoms with Crippen molar-refractivity contribution in [2.45, 2.75) is 32.7 Å². The number of nitrogens with zero attached hydrogens (tertiary/aromatic N) is 1. The highest BCUT2D eigenvalue weighted by Gasteiger charge is 2.25. The second-order valence-electron chi connectivity index (χ2n) is 7.19. The van der Waals surface area contributed by atoms with Gasteiger partial charge in [-0.1, -0.05) is 32.6 Å². The number of carbonyl (C=O) groups excluding carboxylic acids is 2. The number of amides is 2.